The van der Waals surface area contributed by atoms with E-state index in [1.54, 1.807) is 11.3 Å². The van der Waals surface area contributed by atoms with E-state index in [1.807, 2.05) is 0 Å². The van der Waals surface area contributed by atoms with Crippen LogP contribution in [0.4, 0.5) is 0 Å². The SMILES string of the molecule is CC(N)CN1CCCC1c1ccsc1. The molecule has 14 heavy (non-hydrogen) atoms. The molecule has 1 aromatic heterocycles. The van der Waals surface area contributed by atoms with Crippen LogP contribution in [-0.4, -0.2) is 24.0 Å². The normalized spacial score (nSPS) is 25.4. The average Bonchev–Trinajstić information content (AvgIpc) is 2.70. The summed E-state index contributed by atoms with van der Waals surface area (Å²) in [6, 6.07) is 3.16. The van der Waals surface area contributed by atoms with Crippen molar-refractivity contribution < 1.29 is 0 Å². The molecular weight excluding hydrogens is 192 g/mol. The maximum atomic E-state index is 5.85. The van der Waals surface area contributed by atoms with Crippen molar-refractivity contribution in [3.05, 3.63) is 22.4 Å². The first-order valence-corrected chi connectivity index (χ1v) is 6.23. The molecule has 0 aromatic carbocycles. The van der Waals surface area contributed by atoms with E-state index in [-0.39, 0.29) is 6.04 Å². The minimum atomic E-state index is 0.286. The van der Waals surface area contributed by atoms with E-state index in [9.17, 15) is 0 Å². The van der Waals surface area contributed by atoms with Crippen molar-refractivity contribution in [2.45, 2.75) is 31.8 Å². The maximum Gasteiger partial charge on any atom is 0.0357 e. The number of nitrogens with zero attached hydrogens (tertiary/aromatic N) is 1. The zero-order valence-electron chi connectivity index (χ0n) is 8.65. The average molecular weight is 210 g/mol. The highest BCUT2D eigenvalue weighted by Crippen LogP contribution is 2.32. The molecule has 2 atom stereocenters. The fourth-order valence-electron chi connectivity index (χ4n) is 2.26. The minimum absolute atomic E-state index is 0.286. The van der Waals surface area contributed by atoms with Crippen LogP contribution in [0.25, 0.3) is 0 Å². The van der Waals surface area contributed by atoms with Crippen LogP contribution in [0.5, 0.6) is 0 Å². The molecule has 0 aliphatic carbocycles. The molecular formula is C11H18N2S. The van der Waals surface area contributed by atoms with Crippen LogP contribution in [0.15, 0.2) is 16.8 Å². The Morgan fingerprint density at radius 2 is 2.57 bits per heavy atom. The van der Waals surface area contributed by atoms with Crippen LogP contribution in [0.3, 0.4) is 0 Å². The molecule has 1 fully saturated rings. The topological polar surface area (TPSA) is 29.3 Å². The second-order valence-corrected chi connectivity index (χ2v) is 4.97. The summed E-state index contributed by atoms with van der Waals surface area (Å²) in [4.78, 5) is 2.52. The summed E-state index contributed by atoms with van der Waals surface area (Å²) in [6.45, 7) is 4.32. The van der Waals surface area contributed by atoms with Gasteiger partial charge in [-0.2, -0.15) is 11.3 Å². The molecule has 1 saturated heterocycles. The molecule has 2 heterocycles. The standard InChI is InChI=1S/C11H18N2S/c1-9(12)7-13-5-2-3-11(13)10-4-6-14-8-10/h4,6,8-9,11H,2-3,5,7,12H2,1H3. The maximum absolute atomic E-state index is 5.85. The van der Waals surface area contributed by atoms with E-state index in [2.05, 4.69) is 28.7 Å². The lowest BCUT2D eigenvalue weighted by atomic mass is 10.1. The van der Waals surface area contributed by atoms with Gasteiger partial charge in [-0.1, -0.05) is 0 Å². The molecule has 2 rings (SSSR count). The molecule has 3 heteroatoms. The second kappa shape index (κ2) is 4.43. The quantitative estimate of drug-likeness (QED) is 0.829. The fraction of sp³-hybridized carbons (Fsp3) is 0.636. The molecule has 2 N–H and O–H groups in total. The van der Waals surface area contributed by atoms with Gasteiger partial charge < -0.3 is 5.73 Å². The van der Waals surface area contributed by atoms with Crippen LogP contribution in [0.2, 0.25) is 0 Å². The van der Waals surface area contributed by atoms with Crippen LogP contribution in [-0.2, 0) is 0 Å². The highest BCUT2D eigenvalue weighted by molar-refractivity contribution is 7.07. The Hall–Kier alpha value is -0.380. The number of hydrogen-bond acceptors (Lipinski definition) is 3. The molecule has 0 saturated carbocycles. The number of hydrogen-bond donors (Lipinski definition) is 1. The Kier molecular flexibility index (Phi) is 3.21. The highest BCUT2D eigenvalue weighted by Gasteiger charge is 2.26. The van der Waals surface area contributed by atoms with Crippen molar-refractivity contribution in [3.8, 4) is 0 Å². The predicted octanol–water partition coefficient (Wildman–Crippen LogP) is 2.23. The van der Waals surface area contributed by atoms with Crippen molar-refractivity contribution in [1.82, 2.24) is 4.90 Å². The van der Waals surface area contributed by atoms with Crippen molar-refractivity contribution in [2.75, 3.05) is 13.1 Å². The van der Waals surface area contributed by atoms with Gasteiger partial charge in [-0.15, -0.1) is 0 Å². The molecule has 1 aromatic rings. The van der Waals surface area contributed by atoms with Crippen molar-refractivity contribution >= 4 is 11.3 Å². The van der Waals surface area contributed by atoms with E-state index in [1.165, 1.54) is 24.9 Å². The molecule has 1 aliphatic heterocycles. The largest absolute Gasteiger partial charge is 0.327 e. The first kappa shape index (κ1) is 10.1. The smallest absolute Gasteiger partial charge is 0.0357 e. The summed E-state index contributed by atoms with van der Waals surface area (Å²) in [6.07, 6.45) is 2.61. The summed E-state index contributed by atoms with van der Waals surface area (Å²) < 4.78 is 0. The van der Waals surface area contributed by atoms with E-state index < -0.39 is 0 Å². The Bertz CT molecular complexity index is 269. The number of rotatable bonds is 3. The lowest BCUT2D eigenvalue weighted by Crippen LogP contribution is -2.35. The molecule has 0 radical (unpaired) electrons. The first-order chi connectivity index (χ1) is 6.77. The summed E-state index contributed by atoms with van der Waals surface area (Å²) in [7, 11) is 0. The first-order valence-electron chi connectivity index (χ1n) is 5.29. The summed E-state index contributed by atoms with van der Waals surface area (Å²) in [5.41, 5.74) is 7.33. The summed E-state index contributed by atoms with van der Waals surface area (Å²) in [5, 5.41) is 4.43. The fourth-order valence-corrected chi connectivity index (χ4v) is 2.96. The van der Waals surface area contributed by atoms with Crippen LogP contribution >= 0.6 is 11.3 Å². The Labute approximate surface area is 89.7 Å². The van der Waals surface area contributed by atoms with Crippen molar-refractivity contribution in [2.24, 2.45) is 5.73 Å². The number of thiophene rings is 1. The molecule has 2 unspecified atom stereocenters. The third-order valence-corrected chi connectivity index (χ3v) is 3.52. The summed E-state index contributed by atoms with van der Waals surface area (Å²) >= 11 is 1.79. The molecule has 0 amide bonds. The van der Waals surface area contributed by atoms with E-state index in [0.29, 0.717) is 6.04 Å². The van der Waals surface area contributed by atoms with E-state index in [4.69, 9.17) is 5.73 Å². The molecule has 0 spiro atoms. The van der Waals surface area contributed by atoms with Gasteiger partial charge in [-0.25, -0.2) is 0 Å². The zero-order valence-corrected chi connectivity index (χ0v) is 9.46. The summed E-state index contributed by atoms with van der Waals surface area (Å²) in [5.74, 6) is 0. The molecule has 2 nitrogen and oxygen atoms in total. The van der Waals surface area contributed by atoms with Gasteiger partial charge in [0.15, 0.2) is 0 Å². The Balaban J connectivity index is 2.04. The third kappa shape index (κ3) is 2.16. The van der Waals surface area contributed by atoms with Crippen LogP contribution in [0.1, 0.15) is 31.4 Å². The highest BCUT2D eigenvalue weighted by atomic mass is 32.1. The molecule has 0 bridgehead atoms. The van der Waals surface area contributed by atoms with Crippen LogP contribution in [0, 0.1) is 0 Å². The van der Waals surface area contributed by atoms with Gasteiger partial charge in [-0.3, -0.25) is 4.90 Å². The number of likely N-dealkylation sites (tertiary alicyclic amines) is 1. The van der Waals surface area contributed by atoms with Gasteiger partial charge in [0.1, 0.15) is 0 Å². The van der Waals surface area contributed by atoms with Gasteiger partial charge in [0, 0.05) is 18.6 Å². The van der Waals surface area contributed by atoms with Gasteiger partial charge in [0.25, 0.3) is 0 Å². The molecule has 78 valence electrons. The van der Waals surface area contributed by atoms with Gasteiger partial charge in [0.05, 0.1) is 0 Å². The van der Waals surface area contributed by atoms with Crippen LogP contribution < -0.4 is 5.73 Å². The molecule has 1 aliphatic rings. The third-order valence-electron chi connectivity index (χ3n) is 2.81. The lowest BCUT2D eigenvalue weighted by molar-refractivity contribution is 0.245. The minimum Gasteiger partial charge on any atom is -0.327 e. The zero-order chi connectivity index (χ0) is 9.97. The monoisotopic (exact) mass is 210 g/mol. The Morgan fingerprint density at radius 3 is 3.21 bits per heavy atom. The predicted molar refractivity (Wildman–Crippen MR) is 61.5 cm³/mol. The van der Waals surface area contributed by atoms with Crippen molar-refractivity contribution in [1.29, 1.82) is 0 Å². The van der Waals surface area contributed by atoms with E-state index in [0.717, 1.165) is 6.54 Å². The lowest BCUT2D eigenvalue weighted by Gasteiger charge is -2.25. The van der Waals surface area contributed by atoms with Crippen molar-refractivity contribution in [3.63, 3.8) is 0 Å². The Morgan fingerprint density at radius 1 is 1.71 bits per heavy atom. The number of nitrogens with two attached hydrogens (primary N) is 1. The van der Waals surface area contributed by atoms with Gasteiger partial charge in [-0.05, 0) is 48.7 Å². The van der Waals surface area contributed by atoms with Gasteiger partial charge >= 0.3 is 0 Å². The van der Waals surface area contributed by atoms with Gasteiger partial charge in [0.2, 0.25) is 0 Å². The van der Waals surface area contributed by atoms with E-state index >= 15 is 0 Å². The second-order valence-electron chi connectivity index (χ2n) is 4.19.